The van der Waals surface area contributed by atoms with E-state index in [0.717, 1.165) is 64.9 Å². The molecule has 4 aliphatic rings. The molecule has 0 aliphatic carbocycles. The molecule has 0 bridgehead atoms. The Morgan fingerprint density at radius 3 is 2.51 bits per heavy atom. The third kappa shape index (κ3) is 8.65. The molecule has 2 unspecified atom stereocenters. The van der Waals surface area contributed by atoms with Gasteiger partial charge in [0.15, 0.2) is 17.2 Å². The summed E-state index contributed by atoms with van der Waals surface area (Å²) in [5.41, 5.74) is 5.32. The maximum Gasteiger partial charge on any atom is 0.349 e. The van der Waals surface area contributed by atoms with Crippen LogP contribution in [0.3, 0.4) is 0 Å². The lowest BCUT2D eigenvalue weighted by Gasteiger charge is -2.44. The summed E-state index contributed by atoms with van der Waals surface area (Å²) in [5, 5.41) is 26.6. The van der Waals surface area contributed by atoms with Gasteiger partial charge in [-0.05, 0) is 98.7 Å². The lowest BCUT2D eigenvalue weighted by Crippen LogP contribution is -2.55. The number of nitrogens with zero attached hydrogens (tertiary/aromatic N) is 5. The number of rotatable bonds is 13. The topological polar surface area (TPSA) is 220 Å². The number of anilines is 3. The summed E-state index contributed by atoms with van der Waals surface area (Å²) < 4.78 is 37.0. The number of benzene rings is 3. The number of amides is 3. The van der Waals surface area contributed by atoms with Crippen molar-refractivity contribution in [3.63, 3.8) is 0 Å². The molecule has 4 N–H and O–H groups in total. The van der Waals surface area contributed by atoms with Gasteiger partial charge in [-0.1, -0.05) is 41.9 Å². The van der Waals surface area contributed by atoms with E-state index in [1.165, 1.54) is 5.56 Å². The molecule has 0 saturated carbocycles. The monoisotopic (exact) mass is 993 g/mol. The van der Waals surface area contributed by atoms with Crippen LogP contribution in [0.2, 0.25) is 5.02 Å². The van der Waals surface area contributed by atoms with Crippen LogP contribution in [-0.4, -0.2) is 106 Å². The normalized spacial score (nSPS) is 19.9. The fourth-order valence-corrected chi connectivity index (χ4v) is 13.9. The Kier molecular flexibility index (Phi) is 11.9. The van der Waals surface area contributed by atoms with Crippen LogP contribution in [0.15, 0.2) is 79.3 Å². The highest BCUT2D eigenvalue weighted by atomic mass is 35.5. The summed E-state index contributed by atoms with van der Waals surface area (Å²) >= 11 is 7.43. The lowest BCUT2D eigenvalue weighted by molar-refractivity contribution is -0.139. The molecule has 3 aromatic heterocycles. The minimum Gasteiger partial charge on any atom is -0.479 e. The smallest absolute Gasteiger partial charge is 0.349 e. The molecule has 3 fully saturated rings. The zero-order valence-corrected chi connectivity index (χ0v) is 40.0. The van der Waals surface area contributed by atoms with Crippen molar-refractivity contribution in [2.75, 3.05) is 41.4 Å². The maximum atomic E-state index is 14.1. The number of aliphatic carboxylic acids is 1. The van der Waals surface area contributed by atoms with Gasteiger partial charge < -0.3 is 29.6 Å². The third-order valence-corrected chi connectivity index (χ3v) is 17.4. The number of hydrogen-bond donors (Lipinski definition) is 4. The molecule has 3 amide bonds. The Morgan fingerprint density at radius 2 is 1.77 bits per heavy atom. The number of carbonyl (C=O) groups excluding carboxylic acids is 3. The summed E-state index contributed by atoms with van der Waals surface area (Å²) in [7, 11) is -3.80. The van der Waals surface area contributed by atoms with Gasteiger partial charge in [0, 0.05) is 66.7 Å². The number of sulfonamides is 1. The average Bonchev–Trinajstić information content (AvgIpc) is 3.97. The molecule has 0 spiro atoms. The molecule has 3 saturated heterocycles. The Balaban J connectivity index is 0.778. The van der Waals surface area contributed by atoms with E-state index in [1.54, 1.807) is 39.8 Å². The number of aromatic nitrogens is 2. The predicted molar refractivity (Wildman–Crippen MR) is 261 cm³/mol. The first-order valence-corrected chi connectivity index (χ1v) is 25.5. The number of piperidine rings is 3. The Hall–Kier alpha value is -6.54. The second-order valence-corrected chi connectivity index (χ2v) is 22.0. The third-order valence-electron chi connectivity index (χ3n) is 13.7. The average molecular weight is 995 g/mol. The van der Waals surface area contributed by atoms with Gasteiger partial charge in [-0.2, -0.15) is 4.31 Å². The minimum absolute atomic E-state index is 0.00858. The summed E-state index contributed by atoms with van der Waals surface area (Å²) in [4.78, 5) is 70.1. The molecule has 3 aromatic carbocycles. The molecule has 6 aromatic rings. The van der Waals surface area contributed by atoms with Gasteiger partial charge in [-0.15, -0.1) is 11.3 Å². The van der Waals surface area contributed by atoms with Gasteiger partial charge in [0.2, 0.25) is 21.8 Å². The predicted octanol–water partition coefficient (Wildman–Crippen LogP) is 7.37. The summed E-state index contributed by atoms with van der Waals surface area (Å²) in [6, 6.07) is 18.3. The lowest BCUT2D eigenvalue weighted by atomic mass is 9.85. The fourth-order valence-electron chi connectivity index (χ4n) is 10.6. The number of ether oxygens (including phenoxy) is 1. The van der Waals surface area contributed by atoms with E-state index in [2.05, 4.69) is 32.7 Å². The number of imide groups is 1. The number of carboxylic acids is 2. The van der Waals surface area contributed by atoms with Crippen molar-refractivity contribution in [1.29, 1.82) is 0 Å². The van der Waals surface area contributed by atoms with Crippen molar-refractivity contribution in [1.82, 2.24) is 19.0 Å². The zero-order chi connectivity index (χ0) is 48.5. The van der Waals surface area contributed by atoms with Crippen LogP contribution in [0.25, 0.3) is 26.7 Å². The zero-order valence-electron chi connectivity index (χ0n) is 37.6. The first-order valence-electron chi connectivity index (χ1n) is 22.7. The minimum atomic E-state index is -3.80. The van der Waals surface area contributed by atoms with E-state index < -0.39 is 46.1 Å². The molecule has 69 heavy (non-hydrogen) atoms. The quantitative estimate of drug-likeness (QED) is 0.0832. The Bertz CT molecular complexity index is 3240. The molecule has 17 nitrogen and oxygen atoms in total. The van der Waals surface area contributed by atoms with Crippen LogP contribution in [0.5, 0.6) is 5.75 Å². The van der Waals surface area contributed by atoms with Gasteiger partial charge in [0.05, 0.1) is 33.7 Å². The number of halogens is 1. The summed E-state index contributed by atoms with van der Waals surface area (Å²) in [5.74, 6) is -3.77. The van der Waals surface area contributed by atoms with Gasteiger partial charge in [0.1, 0.15) is 16.8 Å². The van der Waals surface area contributed by atoms with Crippen LogP contribution in [0, 0.1) is 0 Å². The molecule has 20 heteroatoms. The largest absolute Gasteiger partial charge is 0.479 e. The van der Waals surface area contributed by atoms with Crippen molar-refractivity contribution in [3.8, 4) is 16.2 Å². The van der Waals surface area contributed by atoms with E-state index in [1.807, 2.05) is 54.8 Å². The number of aromatic carboxylic acids is 1. The van der Waals surface area contributed by atoms with Crippen LogP contribution in [-0.2, 0) is 30.2 Å². The number of carboxylic acid groups (broad SMARTS) is 2. The Labute approximate surface area is 405 Å². The van der Waals surface area contributed by atoms with Gasteiger partial charge in [-0.3, -0.25) is 29.6 Å². The maximum absolute atomic E-state index is 14.1. The van der Waals surface area contributed by atoms with Gasteiger partial charge in [0.25, 0.3) is 5.91 Å². The van der Waals surface area contributed by atoms with Crippen molar-refractivity contribution < 1.29 is 47.3 Å². The van der Waals surface area contributed by atoms with Crippen molar-refractivity contribution in [2.24, 2.45) is 0 Å². The number of nitrogens with one attached hydrogen (secondary N) is 2. The first-order chi connectivity index (χ1) is 33.0. The van der Waals surface area contributed by atoms with Crippen LogP contribution < -0.4 is 25.2 Å². The second-order valence-electron chi connectivity index (χ2n) is 18.7. The van der Waals surface area contributed by atoms with Gasteiger partial charge in [-0.25, -0.2) is 18.0 Å². The molecule has 2 atom stereocenters. The fraction of sp³-hybridized carbons (Fsp3) is 0.347. The first kappa shape index (κ1) is 46.2. The summed E-state index contributed by atoms with van der Waals surface area (Å²) in [6.07, 6.45) is 8.75. The molecular weight excluding hydrogens is 946 g/mol. The number of hydrogen-bond acceptors (Lipinski definition) is 12. The second kappa shape index (κ2) is 17.8. The number of fused-ring (bicyclic) bond motifs is 1. The summed E-state index contributed by atoms with van der Waals surface area (Å²) in [6.45, 7) is 4.93. The molecule has 7 heterocycles. The van der Waals surface area contributed by atoms with E-state index in [9.17, 15) is 37.5 Å². The molecule has 4 aliphatic heterocycles. The number of carbonyl (C=O) groups is 5. The van der Waals surface area contributed by atoms with Crippen LogP contribution in [0.1, 0.15) is 89.6 Å². The van der Waals surface area contributed by atoms with Gasteiger partial charge >= 0.3 is 11.9 Å². The van der Waals surface area contributed by atoms with Crippen molar-refractivity contribution in [2.45, 2.75) is 81.7 Å². The van der Waals surface area contributed by atoms with Crippen LogP contribution >= 0.6 is 22.9 Å². The highest BCUT2D eigenvalue weighted by Crippen LogP contribution is 2.47. The molecule has 358 valence electrons. The molecule has 0 radical (unpaired) electrons. The van der Waals surface area contributed by atoms with Crippen molar-refractivity contribution >= 4 is 96.0 Å². The SMILES string of the molecule is CC1(C)CC(Nc2cccc(-c3sc(C(=O)O)c(OCC(=O)O)c3Cl)c2)CCN1S(=O)(=O)Cc1cn2cc(N3CCC(c4ccc5c6c(cccc46)C(=O)N5C4CCC(=O)NC4=O)CC3)cc2cn1. The number of thiophene rings is 1. The van der Waals surface area contributed by atoms with E-state index >= 15 is 0 Å². The Morgan fingerprint density at radius 1 is 0.986 bits per heavy atom. The van der Waals surface area contributed by atoms with Crippen LogP contribution in [0.4, 0.5) is 17.1 Å². The van der Waals surface area contributed by atoms with E-state index in [4.69, 9.17) is 21.4 Å². The van der Waals surface area contributed by atoms with E-state index in [-0.39, 0.29) is 64.6 Å². The highest BCUT2D eigenvalue weighted by Gasteiger charge is 2.43. The molecule has 10 rings (SSSR count). The highest BCUT2D eigenvalue weighted by molar-refractivity contribution is 7.88. The van der Waals surface area contributed by atoms with Crippen molar-refractivity contribution in [3.05, 3.63) is 106 Å². The molecular formula is C49H48ClN7O10S2. The standard InChI is InChI=1S/C49H48ClN7O10S2/c1-49(2)21-30(52-29-6-3-5-28(19-29)44-42(50)43(67-25-40(59)60)45(68-44)48(63)64)15-18-56(49)69(65,66)26-31-23-55-24-33(20-32(55)22-51-31)54-16-13-27(14-17-54)34-9-10-37-41-35(34)7-4-8-36(41)47(62)57(37)38-11-12-39(58)53-46(38)61/h3-10,19-20,22-24,27,30,38,52H,11-18,21,25-26H2,1-2H3,(H,59,60)(H,63,64)(H,53,58,61). The van der Waals surface area contributed by atoms with E-state index in [0.29, 0.717) is 40.2 Å².